The van der Waals surface area contributed by atoms with Crippen LogP contribution in [0.3, 0.4) is 0 Å². The average Bonchev–Trinajstić information content (AvgIpc) is 2.82. The second-order valence-electron chi connectivity index (χ2n) is 3.84. The number of nitrogens with zero attached hydrogens (tertiary/aromatic N) is 1. The van der Waals surface area contributed by atoms with Crippen LogP contribution in [-0.2, 0) is 0 Å². The van der Waals surface area contributed by atoms with Gasteiger partial charge in [0, 0.05) is 5.39 Å². The summed E-state index contributed by atoms with van der Waals surface area (Å²) in [5, 5.41) is 0.850. The van der Waals surface area contributed by atoms with Crippen molar-refractivity contribution < 1.29 is 13.6 Å². The molecule has 4 heteroatoms. The van der Waals surface area contributed by atoms with Crippen molar-refractivity contribution in [1.29, 1.82) is 0 Å². The number of hydrogen-bond acceptors (Lipinski definition) is 3. The number of para-hydroxylation sites is 1. The molecule has 0 aliphatic carbocycles. The maximum Gasteiger partial charge on any atom is 0.246 e. The fourth-order valence-electron chi connectivity index (χ4n) is 1.73. The van der Waals surface area contributed by atoms with Crippen LogP contribution in [0.1, 0.15) is 16.2 Å². The van der Waals surface area contributed by atoms with E-state index in [1.54, 1.807) is 12.1 Å². The van der Waals surface area contributed by atoms with Gasteiger partial charge in [0.1, 0.15) is 17.1 Å². The van der Waals surface area contributed by atoms with Gasteiger partial charge in [0.2, 0.25) is 5.78 Å². The number of rotatable bonds is 2. The third kappa shape index (κ3) is 1.78. The molecule has 0 unspecified atom stereocenters. The van der Waals surface area contributed by atoms with Crippen molar-refractivity contribution in [3.05, 3.63) is 65.9 Å². The van der Waals surface area contributed by atoms with E-state index in [1.807, 2.05) is 18.2 Å². The van der Waals surface area contributed by atoms with Gasteiger partial charge in [0.25, 0.3) is 0 Å². The number of hydrogen-bond donors (Lipinski definition) is 0. The number of aromatic nitrogens is 1. The van der Waals surface area contributed by atoms with E-state index in [0.29, 0.717) is 5.58 Å². The average molecular weight is 241 g/mol. The number of fused-ring (bicyclic) bond motifs is 1. The molecule has 0 bridgehead atoms. The normalized spacial score (nSPS) is 10.7. The van der Waals surface area contributed by atoms with E-state index in [-0.39, 0.29) is 17.2 Å². The Kier molecular flexibility index (Phi) is 2.41. The van der Waals surface area contributed by atoms with Crippen molar-refractivity contribution in [3.63, 3.8) is 0 Å². The molecule has 88 valence electrons. The van der Waals surface area contributed by atoms with Gasteiger partial charge >= 0.3 is 0 Å². The lowest BCUT2D eigenvalue weighted by Crippen LogP contribution is -2.02. The zero-order valence-corrected chi connectivity index (χ0v) is 9.26. The van der Waals surface area contributed by atoms with Crippen molar-refractivity contribution in [1.82, 2.24) is 4.98 Å². The first-order valence-corrected chi connectivity index (χ1v) is 5.39. The van der Waals surface area contributed by atoms with Crippen LogP contribution in [0.15, 0.2) is 53.1 Å². The quantitative estimate of drug-likeness (QED) is 0.647. The minimum Gasteiger partial charge on any atom is -0.453 e. The predicted molar refractivity (Wildman–Crippen MR) is 63.8 cm³/mol. The first kappa shape index (κ1) is 10.7. The highest BCUT2D eigenvalue weighted by Gasteiger charge is 2.15. The molecule has 0 fully saturated rings. The van der Waals surface area contributed by atoms with Crippen molar-refractivity contribution >= 4 is 16.8 Å². The lowest BCUT2D eigenvalue weighted by atomic mass is 10.2. The molecule has 0 atom stereocenters. The lowest BCUT2D eigenvalue weighted by Gasteiger charge is -1.95. The Hall–Kier alpha value is -2.49. The molecular weight excluding hydrogens is 233 g/mol. The van der Waals surface area contributed by atoms with Crippen LogP contribution in [0, 0.1) is 5.82 Å². The van der Waals surface area contributed by atoms with Crippen LogP contribution >= 0.6 is 0 Å². The van der Waals surface area contributed by atoms with Crippen LogP contribution in [0.5, 0.6) is 0 Å². The molecule has 0 spiro atoms. The van der Waals surface area contributed by atoms with E-state index in [9.17, 15) is 9.18 Å². The van der Waals surface area contributed by atoms with Crippen LogP contribution in [0.4, 0.5) is 4.39 Å². The Morgan fingerprint density at radius 3 is 2.72 bits per heavy atom. The number of carbonyl (C=O) groups is 1. The minimum absolute atomic E-state index is 0.162. The van der Waals surface area contributed by atoms with Gasteiger partial charge in [-0.3, -0.25) is 4.79 Å². The molecule has 0 N–H and O–H groups in total. The monoisotopic (exact) mass is 241 g/mol. The van der Waals surface area contributed by atoms with Crippen LogP contribution in [0.2, 0.25) is 0 Å². The van der Waals surface area contributed by atoms with Gasteiger partial charge in [-0.25, -0.2) is 9.37 Å². The highest BCUT2D eigenvalue weighted by molar-refractivity contribution is 6.07. The third-order valence-corrected chi connectivity index (χ3v) is 2.61. The smallest absolute Gasteiger partial charge is 0.246 e. The van der Waals surface area contributed by atoms with E-state index < -0.39 is 5.82 Å². The molecule has 2 heterocycles. The van der Waals surface area contributed by atoms with Crippen LogP contribution in [0.25, 0.3) is 11.0 Å². The van der Waals surface area contributed by atoms with Gasteiger partial charge in [-0.2, -0.15) is 0 Å². The zero-order chi connectivity index (χ0) is 12.5. The molecule has 0 aliphatic heterocycles. The molecule has 0 radical (unpaired) electrons. The topological polar surface area (TPSA) is 43.1 Å². The number of furan rings is 1. The Labute approximate surface area is 102 Å². The fourth-order valence-corrected chi connectivity index (χ4v) is 1.73. The summed E-state index contributed by atoms with van der Waals surface area (Å²) in [5.41, 5.74) is 0.804. The molecular formula is C14H8FNO2. The standard InChI is InChI=1S/C14H8FNO2/c15-10-5-6-11(16-8-10)14(17)13-7-9-3-1-2-4-12(9)18-13/h1-8H. The van der Waals surface area contributed by atoms with Gasteiger partial charge in [-0.1, -0.05) is 18.2 Å². The van der Waals surface area contributed by atoms with Gasteiger partial charge in [-0.15, -0.1) is 0 Å². The molecule has 3 aromatic rings. The third-order valence-electron chi connectivity index (χ3n) is 2.61. The second-order valence-corrected chi connectivity index (χ2v) is 3.84. The molecule has 1 aromatic carbocycles. The Morgan fingerprint density at radius 1 is 1.17 bits per heavy atom. The number of pyridine rings is 1. The van der Waals surface area contributed by atoms with E-state index in [1.165, 1.54) is 12.1 Å². The molecule has 18 heavy (non-hydrogen) atoms. The number of benzene rings is 1. The Bertz CT molecular complexity index is 683. The molecule has 2 aromatic heterocycles. The minimum atomic E-state index is -0.476. The zero-order valence-electron chi connectivity index (χ0n) is 9.26. The van der Waals surface area contributed by atoms with E-state index in [4.69, 9.17) is 4.42 Å². The van der Waals surface area contributed by atoms with Crippen molar-refractivity contribution in [2.24, 2.45) is 0 Å². The van der Waals surface area contributed by atoms with Crippen molar-refractivity contribution in [2.45, 2.75) is 0 Å². The maximum atomic E-state index is 12.7. The Balaban J connectivity index is 2.03. The van der Waals surface area contributed by atoms with Crippen molar-refractivity contribution in [2.75, 3.05) is 0 Å². The molecule has 0 saturated heterocycles. The molecule has 3 rings (SSSR count). The van der Waals surface area contributed by atoms with E-state index in [0.717, 1.165) is 11.6 Å². The summed E-state index contributed by atoms with van der Waals surface area (Å²) in [5.74, 6) is -0.627. The predicted octanol–water partition coefficient (Wildman–Crippen LogP) is 3.20. The fraction of sp³-hybridized carbons (Fsp3) is 0. The summed E-state index contributed by atoms with van der Waals surface area (Å²) in [4.78, 5) is 15.8. The summed E-state index contributed by atoms with van der Waals surface area (Å²) in [6.45, 7) is 0. The number of halogens is 1. The summed E-state index contributed by atoms with van der Waals surface area (Å²) < 4.78 is 18.2. The summed E-state index contributed by atoms with van der Waals surface area (Å²) >= 11 is 0. The molecule has 0 amide bonds. The SMILES string of the molecule is O=C(c1ccc(F)cn1)c1cc2ccccc2o1. The largest absolute Gasteiger partial charge is 0.453 e. The van der Waals surface area contributed by atoms with Crippen LogP contribution in [-0.4, -0.2) is 10.8 Å². The van der Waals surface area contributed by atoms with Crippen molar-refractivity contribution in [3.8, 4) is 0 Å². The summed E-state index contributed by atoms with van der Waals surface area (Å²) in [6, 6.07) is 11.5. The van der Waals surface area contributed by atoms with Gasteiger partial charge in [-0.05, 0) is 24.3 Å². The highest BCUT2D eigenvalue weighted by Crippen LogP contribution is 2.20. The molecule has 3 nitrogen and oxygen atoms in total. The van der Waals surface area contributed by atoms with Gasteiger partial charge < -0.3 is 4.42 Å². The van der Waals surface area contributed by atoms with E-state index in [2.05, 4.69) is 4.98 Å². The first-order chi connectivity index (χ1) is 8.74. The van der Waals surface area contributed by atoms with Crippen LogP contribution < -0.4 is 0 Å². The summed E-state index contributed by atoms with van der Waals surface area (Å²) in [6.07, 6.45) is 1.01. The number of carbonyl (C=O) groups excluding carboxylic acids is 1. The lowest BCUT2D eigenvalue weighted by molar-refractivity contribution is 0.101. The maximum absolute atomic E-state index is 12.7. The highest BCUT2D eigenvalue weighted by atomic mass is 19.1. The Morgan fingerprint density at radius 2 is 2.00 bits per heavy atom. The molecule has 0 saturated carbocycles. The van der Waals surface area contributed by atoms with Gasteiger partial charge in [0.15, 0.2) is 5.76 Å². The second kappa shape index (κ2) is 4.07. The number of ketones is 1. The first-order valence-electron chi connectivity index (χ1n) is 5.39. The van der Waals surface area contributed by atoms with E-state index >= 15 is 0 Å². The van der Waals surface area contributed by atoms with Gasteiger partial charge in [0.05, 0.1) is 6.20 Å². The summed E-state index contributed by atoms with van der Waals surface area (Å²) in [7, 11) is 0. The molecule has 0 aliphatic rings.